The molecule has 0 radical (unpaired) electrons. The standard InChI is InChI=1S/C16H21NO6/c1-4-9-7-12-13(10(5-2)11(9)6-8(3)17)22-15(21-12)14(18)23-16(19)20/h7-8,15H,4-6,17H2,1-3H3,(H,19,20)/t8?,15-/m1/s1. The summed E-state index contributed by atoms with van der Waals surface area (Å²) in [6, 6.07) is 1.80. The minimum Gasteiger partial charge on any atom is -0.449 e. The van der Waals surface area contributed by atoms with E-state index >= 15 is 0 Å². The molecule has 7 heteroatoms. The molecule has 0 aliphatic carbocycles. The molecule has 0 fully saturated rings. The first kappa shape index (κ1) is 17.1. The van der Waals surface area contributed by atoms with Gasteiger partial charge in [0.1, 0.15) is 0 Å². The van der Waals surface area contributed by atoms with Crippen molar-refractivity contribution in [1.82, 2.24) is 0 Å². The lowest BCUT2D eigenvalue weighted by Crippen LogP contribution is -2.32. The molecule has 0 bridgehead atoms. The minimum absolute atomic E-state index is 0.0151. The molecule has 2 rings (SSSR count). The van der Waals surface area contributed by atoms with E-state index in [-0.39, 0.29) is 6.04 Å². The number of rotatable bonds is 5. The molecule has 126 valence electrons. The van der Waals surface area contributed by atoms with Crippen LogP contribution in [-0.2, 0) is 28.8 Å². The van der Waals surface area contributed by atoms with Crippen LogP contribution in [0.15, 0.2) is 6.07 Å². The quantitative estimate of drug-likeness (QED) is 0.630. The fourth-order valence-corrected chi connectivity index (χ4v) is 2.75. The molecule has 7 nitrogen and oxygen atoms in total. The highest BCUT2D eigenvalue weighted by Gasteiger charge is 2.36. The van der Waals surface area contributed by atoms with Crippen molar-refractivity contribution >= 4 is 12.1 Å². The van der Waals surface area contributed by atoms with Gasteiger partial charge in [0, 0.05) is 11.6 Å². The molecular weight excluding hydrogens is 302 g/mol. The summed E-state index contributed by atoms with van der Waals surface area (Å²) in [4.78, 5) is 22.1. The number of fused-ring (bicyclic) bond motifs is 1. The van der Waals surface area contributed by atoms with Gasteiger partial charge in [-0.15, -0.1) is 0 Å². The monoisotopic (exact) mass is 323 g/mol. The van der Waals surface area contributed by atoms with E-state index in [4.69, 9.17) is 20.3 Å². The van der Waals surface area contributed by atoms with Crippen LogP contribution in [0.25, 0.3) is 0 Å². The van der Waals surface area contributed by atoms with Crippen LogP contribution in [0, 0.1) is 0 Å². The Morgan fingerprint density at radius 3 is 2.52 bits per heavy atom. The first-order chi connectivity index (χ1) is 10.9. The number of benzene rings is 1. The van der Waals surface area contributed by atoms with Crippen LogP contribution in [-0.4, -0.2) is 29.6 Å². The summed E-state index contributed by atoms with van der Waals surface area (Å²) in [5.74, 6) is -0.199. The molecule has 2 atom stereocenters. The highest BCUT2D eigenvalue weighted by Crippen LogP contribution is 2.42. The summed E-state index contributed by atoms with van der Waals surface area (Å²) in [5.41, 5.74) is 9.04. The normalized spacial score (nSPS) is 17.0. The van der Waals surface area contributed by atoms with Gasteiger partial charge in [-0.05, 0) is 43.4 Å². The molecule has 1 heterocycles. The van der Waals surface area contributed by atoms with Crippen molar-refractivity contribution < 1.29 is 28.9 Å². The Bertz CT molecular complexity index is 625. The predicted octanol–water partition coefficient (Wildman–Crippen LogP) is 2.02. The second-order valence-corrected chi connectivity index (χ2v) is 5.46. The highest BCUT2D eigenvalue weighted by atomic mass is 16.8. The number of nitrogens with two attached hydrogens (primary N) is 1. The van der Waals surface area contributed by atoms with Crippen molar-refractivity contribution in [3.05, 3.63) is 22.8 Å². The second kappa shape index (κ2) is 6.87. The van der Waals surface area contributed by atoms with Gasteiger partial charge in [0.15, 0.2) is 11.5 Å². The van der Waals surface area contributed by atoms with Gasteiger partial charge < -0.3 is 25.1 Å². The zero-order valence-corrected chi connectivity index (χ0v) is 13.4. The highest BCUT2D eigenvalue weighted by molar-refractivity contribution is 5.84. The smallest absolute Gasteiger partial charge is 0.449 e. The third-order valence-corrected chi connectivity index (χ3v) is 3.65. The second-order valence-electron chi connectivity index (χ2n) is 5.46. The van der Waals surface area contributed by atoms with E-state index in [1.165, 1.54) is 0 Å². The Morgan fingerprint density at radius 1 is 1.30 bits per heavy atom. The first-order valence-electron chi connectivity index (χ1n) is 7.58. The molecule has 1 aromatic carbocycles. The maximum absolute atomic E-state index is 11.7. The topological polar surface area (TPSA) is 108 Å². The summed E-state index contributed by atoms with van der Waals surface area (Å²) in [5, 5.41) is 8.52. The molecule has 0 aromatic heterocycles. The maximum atomic E-state index is 11.7. The summed E-state index contributed by atoms with van der Waals surface area (Å²) in [7, 11) is 0. The Kier molecular flexibility index (Phi) is 5.10. The molecule has 0 amide bonds. The molecule has 0 saturated carbocycles. The zero-order chi connectivity index (χ0) is 17.1. The van der Waals surface area contributed by atoms with Crippen LogP contribution in [0.4, 0.5) is 4.79 Å². The third-order valence-electron chi connectivity index (χ3n) is 3.65. The van der Waals surface area contributed by atoms with E-state index in [0.717, 1.165) is 23.1 Å². The van der Waals surface area contributed by atoms with Crippen molar-refractivity contribution in [3.63, 3.8) is 0 Å². The SMILES string of the molecule is CCc1cc2c(c(CC)c1CC(C)N)O[C@H](C(=O)OC(=O)O)O2. The van der Waals surface area contributed by atoms with Gasteiger partial charge in [0.2, 0.25) is 0 Å². The number of ether oxygens (including phenoxy) is 3. The Labute approximate surface area is 134 Å². The molecule has 1 aliphatic heterocycles. The van der Waals surface area contributed by atoms with Crippen LogP contribution in [0.2, 0.25) is 0 Å². The van der Waals surface area contributed by atoms with Crippen LogP contribution < -0.4 is 15.2 Å². The van der Waals surface area contributed by atoms with Crippen LogP contribution >= 0.6 is 0 Å². The first-order valence-corrected chi connectivity index (χ1v) is 7.58. The summed E-state index contributed by atoms with van der Waals surface area (Å²) >= 11 is 0. The Morgan fingerprint density at radius 2 is 2.00 bits per heavy atom. The van der Waals surface area contributed by atoms with Crippen LogP contribution in [0.3, 0.4) is 0 Å². The van der Waals surface area contributed by atoms with Gasteiger partial charge in [-0.25, -0.2) is 9.59 Å². The van der Waals surface area contributed by atoms with Crippen molar-refractivity contribution in [2.75, 3.05) is 0 Å². The molecule has 1 aliphatic rings. The van der Waals surface area contributed by atoms with E-state index in [1.807, 2.05) is 26.8 Å². The zero-order valence-electron chi connectivity index (χ0n) is 13.4. The van der Waals surface area contributed by atoms with Crippen molar-refractivity contribution in [3.8, 4) is 11.5 Å². The molecule has 3 N–H and O–H groups in total. The number of carboxylic acid groups (broad SMARTS) is 1. The molecule has 0 saturated heterocycles. The number of carbonyl (C=O) groups is 2. The lowest BCUT2D eigenvalue weighted by molar-refractivity contribution is -0.156. The maximum Gasteiger partial charge on any atom is 0.513 e. The average Bonchev–Trinajstić information content (AvgIpc) is 2.89. The van der Waals surface area contributed by atoms with Gasteiger partial charge in [-0.3, -0.25) is 0 Å². The summed E-state index contributed by atoms with van der Waals surface area (Å²) in [6.45, 7) is 5.93. The summed E-state index contributed by atoms with van der Waals surface area (Å²) < 4.78 is 15.0. The number of hydrogen-bond donors (Lipinski definition) is 2. The van der Waals surface area contributed by atoms with Gasteiger partial charge in [0.25, 0.3) is 0 Å². The van der Waals surface area contributed by atoms with Crippen molar-refractivity contribution in [2.45, 2.75) is 52.4 Å². The van der Waals surface area contributed by atoms with Gasteiger partial charge in [-0.2, -0.15) is 0 Å². The Balaban J connectivity index is 2.38. The number of hydrogen-bond acceptors (Lipinski definition) is 6. The molecule has 23 heavy (non-hydrogen) atoms. The largest absolute Gasteiger partial charge is 0.513 e. The van der Waals surface area contributed by atoms with E-state index < -0.39 is 18.4 Å². The average molecular weight is 323 g/mol. The van der Waals surface area contributed by atoms with E-state index in [9.17, 15) is 9.59 Å². The van der Waals surface area contributed by atoms with Crippen molar-refractivity contribution in [1.29, 1.82) is 0 Å². The lowest BCUT2D eigenvalue weighted by atomic mass is 9.92. The number of aryl methyl sites for hydroxylation is 1. The fraction of sp³-hybridized carbons (Fsp3) is 0.500. The number of carbonyl (C=O) groups excluding carboxylic acids is 1. The van der Waals surface area contributed by atoms with Gasteiger partial charge >= 0.3 is 18.4 Å². The van der Waals surface area contributed by atoms with Crippen LogP contribution in [0.5, 0.6) is 11.5 Å². The fourth-order valence-electron chi connectivity index (χ4n) is 2.75. The molecule has 1 aromatic rings. The predicted molar refractivity (Wildman–Crippen MR) is 81.7 cm³/mol. The molecular formula is C16H21NO6. The minimum atomic E-state index is -1.69. The van der Waals surface area contributed by atoms with Gasteiger partial charge in [-0.1, -0.05) is 13.8 Å². The third kappa shape index (κ3) is 3.56. The lowest BCUT2D eigenvalue weighted by Gasteiger charge is -2.17. The molecule has 1 unspecified atom stereocenters. The van der Waals surface area contributed by atoms with Crippen LogP contribution in [0.1, 0.15) is 37.5 Å². The molecule has 0 spiro atoms. The summed E-state index contributed by atoms with van der Waals surface area (Å²) in [6.07, 6.45) is -0.937. The van der Waals surface area contributed by atoms with E-state index in [2.05, 4.69) is 4.74 Å². The number of esters is 1. The van der Waals surface area contributed by atoms with Gasteiger partial charge in [0.05, 0.1) is 0 Å². The Hall–Kier alpha value is -2.28. The van der Waals surface area contributed by atoms with E-state index in [0.29, 0.717) is 24.3 Å². The van der Waals surface area contributed by atoms with Crippen molar-refractivity contribution in [2.24, 2.45) is 5.73 Å². The van der Waals surface area contributed by atoms with E-state index in [1.54, 1.807) is 0 Å².